The molecule has 0 bridgehead atoms. The average molecular weight is 258 g/mol. The van der Waals surface area contributed by atoms with E-state index in [4.69, 9.17) is 5.73 Å². The highest BCUT2D eigenvalue weighted by Crippen LogP contribution is 2.16. The molecule has 0 aliphatic rings. The summed E-state index contributed by atoms with van der Waals surface area (Å²) < 4.78 is 1.67. The van der Waals surface area contributed by atoms with Crippen LogP contribution in [-0.4, -0.2) is 22.2 Å². The molecule has 2 rings (SSSR count). The lowest BCUT2D eigenvalue weighted by atomic mass is 10.1. The minimum atomic E-state index is -0.465. The standard InChI is InChI=1S/C14H18N4O/c1-3-16-7-11-4-5-13(10(2)6-11)18-9-12(8-17-18)14(15)19/h4-6,8-9,16H,3,7H2,1-2H3,(H2,15,19). The quantitative estimate of drug-likeness (QED) is 0.851. The Morgan fingerprint density at radius 3 is 2.84 bits per heavy atom. The number of primary amides is 1. The van der Waals surface area contributed by atoms with E-state index < -0.39 is 5.91 Å². The van der Waals surface area contributed by atoms with Crippen LogP contribution in [0.5, 0.6) is 0 Å². The summed E-state index contributed by atoms with van der Waals surface area (Å²) in [6.45, 7) is 5.90. The fraction of sp³-hybridized carbons (Fsp3) is 0.286. The van der Waals surface area contributed by atoms with Gasteiger partial charge < -0.3 is 11.1 Å². The molecule has 0 atom stereocenters. The minimum Gasteiger partial charge on any atom is -0.366 e. The number of carbonyl (C=O) groups is 1. The number of carbonyl (C=O) groups excluding carboxylic acids is 1. The molecule has 3 N–H and O–H groups in total. The topological polar surface area (TPSA) is 72.9 Å². The van der Waals surface area contributed by atoms with Gasteiger partial charge in [-0.3, -0.25) is 4.79 Å². The molecular weight excluding hydrogens is 240 g/mol. The lowest BCUT2D eigenvalue weighted by molar-refractivity contribution is 0.100. The SMILES string of the molecule is CCNCc1ccc(-n2cc(C(N)=O)cn2)c(C)c1. The van der Waals surface area contributed by atoms with Gasteiger partial charge in [-0.05, 0) is 30.7 Å². The van der Waals surface area contributed by atoms with Gasteiger partial charge in [-0.2, -0.15) is 5.10 Å². The summed E-state index contributed by atoms with van der Waals surface area (Å²) in [6, 6.07) is 6.17. The third kappa shape index (κ3) is 3.00. The van der Waals surface area contributed by atoms with Crippen LogP contribution < -0.4 is 11.1 Å². The Balaban J connectivity index is 2.26. The van der Waals surface area contributed by atoms with Crippen molar-refractivity contribution in [3.8, 4) is 5.69 Å². The largest absolute Gasteiger partial charge is 0.366 e. The molecule has 0 unspecified atom stereocenters. The summed E-state index contributed by atoms with van der Waals surface area (Å²) in [5.74, 6) is -0.465. The molecule has 0 fully saturated rings. The molecule has 1 heterocycles. The summed E-state index contributed by atoms with van der Waals surface area (Å²) in [4.78, 5) is 11.1. The maximum atomic E-state index is 11.1. The second-order valence-electron chi connectivity index (χ2n) is 4.44. The van der Waals surface area contributed by atoms with Crippen molar-refractivity contribution in [3.05, 3.63) is 47.3 Å². The highest BCUT2D eigenvalue weighted by Gasteiger charge is 2.07. The van der Waals surface area contributed by atoms with Gasteiger partial charge in [-0.1, -0.05) is 19.1 Å². The zero-order valence-electron chi connectivity index (χ0n) is 11.2. The molecule has 0 saturated carbocycles. The number of nitrogens with one attached hydrogen (secondary N) is 1. The van der Waals surface area contributed by atoms with Crippen LogP contribution in [-0.2, 0) is 6.54 Å². The van der Waals surface area contributed by atoms with E-state index in [1.807, 2.05) is 13.0 Å². The Kier molecular flexibility index (Phi) is 3.97. The third-order valence-corrected chi connectivity index (χ3v) is 2.95. The zero-order valence-corrected chi connectivity index (χ0v) is 11.2. The lowest BCUT2D eigenvalue weighted by Gasteiger charge is -2.09. The molecule has 0 aliphatic heterocycles. The summed E-state index contributed by atoms with van der Waals surface area (Å²) in [7, 11) is 0. The molecule has 1 amide bonds. The molecular formula is C14H18N4O. The van der Waals surface area contributed by atoms with Crippen LogP contribution in [0.2, 0.25) is 0 Å². The maximum Gasteiger partial charge on any atom is 0.251 e. The van der Waals surface area contributed by atoms with Crippen LogP contribution in [0.15, 0.2) is 30.6 Å². The Morgan fingerprint density at radius 2 is 2.26 bits per heavy atom. The van der Waals surface area contributed by atoms with Crippen molar-refractivity contribution in [2.75, 3.05) is 6.54 Å². The van der Waals surface area contributed by atoms with Gasteiger partial charge in [0.05, 0.1) is 17.4 Å². The first-order valence-electron chi connectivity index (χ1n) is 6.27. The minimum absolute atomic E-state index is 0.413. The van der Waals surface area contributed by atoms with Gasteiger partial charge in [0.15, 0.2) is 0 Å². The molecule has 0 aliphatic carbocycles. The van der Waals surface area contributed by atoms with E-state index in [1.54, 1.807) is 10.9 Å². The van der Waals surface area contributed by atoms with Gasteiger partial charge in [0, 0.05) is 12.7 Å². The fourth-order valence-corrected chi connectivity index (χ4v) is 1.94. The molecule has 1 aromatic carbocycles. The summed E-state index contributed by atoms with van der Waals surface area (Å²) in [6.07, 6.45) is 3.13. The molecule has 0 spiro atoms. The van der Waals surface area contributed by atoms with Crippen molar-refractivity contribution in [2.45, 2.75) is 20.4 Å². The molecule has 2 aromatic rings. The van der Waals surface area contributed by atoms with E-state index in [-0.39, 0.29) is 0 Å². The van der Waals surface area contributed by atoms with Crippen LogP contribution in [0.4, 0.5) is 0 Å². The number of nitrogens with zero attached hydrogens (tertiary/aromatic N) is 2. The highest BCUT2D eigenvalue weighted by atomic mass is 16.1. The van der Waals surface area contributed by atoms with E-state index in [2.05, 4.69) is 29.5 Å². The highest BCUT2D eigenvalue weighted by molar-refractivity contribution is 5.92. The van der Waals surface area contributed by atoms with Crippen molar-refractivity contribution >= 4 is 5.91 Å². The summed E-state index contributed by atoms with van der Waals surface area (Å²) in [5, 5.41) is 7.45. The van der Waals surface area contributed by atoms with Crippen molar-refractivity contribution in [2.24, 2.45) is 5.73 Å². The van der Waals surface area contributed by atoms with Gasteiger partial charge in [0.1, 0.15) is 0 Å². The van der Waals surface area contributed by atoms with Gasteiger partial charge in [-0.25, -0.2) is 4.68 Å². The summed E-state index contributed by atoms with van der Waals surface area (Å²) in [5.41, 5.74) is 8.92. The van der Waals surface area contributed by atoms with Gasteiger partial charge >= 0.3 is 0 Å². The monoisotopic (exact) mass is 258 g/mol. The van der Waals surface area contributed by atoms with Gasteiger partial charge in [0.2, 0.25) is 0 Å². The average Bonchev–Trinajstić information content (AvgIpc) is 2.86. The normalized spacial score (nSPS) is 10.6. The Morgan fingerprint density at radius 1 is 1.47 bits per heavy atom. The molecule has 1 aromatic heterocycles. The van der Waals surface area contributed by atoms with Crippen LogP contribution >= 0.6 is 0 Å². The second-order valence-corrected chi connectivity index (χ2v) is 4.44. The van der Waals surface area contributed by atoms with Crippen LogP contribution in [0.3, 0.4) is 0 Å². The lowest BCUT2D eigenvalue weighted by Crippen LogP contribution is -2.12. The molecule has 19 heavy (non-hydrogen) atoms. The zero-order chi connectivity index (χ0) is 13.8. The van der Waals surface area contributed by atoms with Gasteiger partial charge in [-0.15, -0.1) is 0 Å². The fourth-order valence-electron chi connectivity index (χ4n) is 1.94. The van der Waals surface area contributed by atoms with Crippen molar-refractivity contribution in [3.63, 3.8) is 0 Å². The van der Waals surface area contributed by atoms with Crippen molar-refractivity contribution in [1.29, 1.82) is 0 Å². The van der Waals surface area contributed by atoms with E-state index in [1.165, 1.54) is 11.8 Å². The second kappa shape index (κ2) is 5.67. The third-order valence-electron chi connectivity index (χ3n) is 2.95. The van der Waals surface area contributed by atoms with E-state index in [0.29, 0.717) is 5.56 Å². The van der Waals surface area contributed by atoms with Crippen molar-refractivity contribution < 1.29 is 4.79 Å². The molecule has 100 valence electrons. The number of hydrogen-bond donors (Lipinski definition) is 2. The van der Waals surface area contributed by atoms with Gasteiger partial charge in [0.25, 0.3) is 5.91 Å². The smallest absolute Gasteiger partial charge is 0.251 e. The van der Waals surface area contributed by atoms with Crippen molar-refractivity contribution in [1.82, 2.24) is 15.1 Å². The Hall–Kier alpha value is -2.14. The first-order chi connectivity index (χ1) is 9.11. The first-order valence-corrected chi connectivity index (χ1v) is 6.27. The molecule has 0 saturated heterocycles. The molecule has 5 nitrogen and oxygen atoms in total. The van der Waals surface area contributed by atoms with Crippen LogP contribution in [0, 0.1) is 6.92 Å². The predicted octanol–water partition coefficient (Wildman–Crippen LogP) is 1.39. The van der Waals surface area contributed by atoms with E-state index in [9.17, 15) is 4.79 Å². The Bertz CT molecular complexity index is 589. The van der Waals surface area contributed by atoms with E-state index in [0.717, 1.165) is 24.3 Å². The number of hydrogen-bond acceptors (Lipinski definition) is 3. The maximum absolute atomic E-state index is 11.1. The van der Waals surface area contributed by atoms with Crippen LogP contribution in [0.25, 0.3) is 5.69 Å². The molecule has 5 heteroatoms. The predicted molar refractivity (Wildman–Crippen MR) is 74.2 cm³/mol. The number of rotatable bonds is 5. The first kappa shape index (κ1) is 13.3. The Labute approximate surface area is 112 Å². The number of aryl methyl sites for hydroxylation is 1. The number of amides is 1. The number of benzene rings is 1. The number of aromatic nitrogens is 2. The van der Waals surface area contributed by atoms with Crippen LogP contribution in [0.1, 0.15) is 28.4 Å². The number of nitrogens with two attached hydrogens (primary N) is 1. The summed E-state index contributed by atoms with van der Waals surface area (Å²) >= 11 is 0. The van der Waals surface area contributed by atoms with E-state index >= 15 is 0 Å². The molecule has 0 radical (unpaired) electrons.